The Morgan fingerprint density at radius 1 is 1.31 bits per heavy atom. The quantitative estimate of drug-likeness (QED) is 0.657. The zero-order valence-corrected chi connectivity index (χ0v) is 8.79. The second-order valence-corrected chi connectivity index (χ2v) is 4.37. The average Bonchev–Trinajstić information content (AvgIpc) is 1.82. The first-order valence-corrected chi connectivity index (χ1v) is 4.25. The Hall–Kier alpha value is -0.610. The lowest BCUT2D eigenvalue weighted by molar-refractivity contribution is -0.272. The number of rotatable bonds is 3. The van der Waals surface area contributed by atoms with Crippen LogP contribution in [-0.4, -0.2) is 27.6 Å². The molecule has 78 valence electrons. The molecule has 0 bridgehead atoms. The van der Waals surface area contributed by atoms with Crippen molar-refractivity contribution in [2.45, 2.75) is 46.0 Å². The van der Waals surface area contributed by atoms with E-state index in [0.717, 1.165) is 0 Å². The lowest BCUT2D eigenvalue weighted by Gasteiger charge is -2.34. The van der Waals surface area contributed by atoms with Crippen LogP contribution in [0.1, 0.15) is 34.6 Å². The molecule has 0 aromatic rings. The molecule has 1 atom stereocenters. The molecule has 0 spiro atoms. The van der Waals surface area contributed by atoms with Crippen LogP contribution in [-0.2, 0) is 9.53 Å². The third kappa shape index (κ3) is 3.32. The molecule has 0 aliphatic carbocycles. The van der Waals surface area contributed by atoms with Crippen LogP contribution in [0.3, 0.4) is 0 Å². The number of hydrogen-bond donors (Lipinski definition) is 2. The van der Waals surface area contributed by atoms with E-state index in [2.05, 4.69) is 0 Å². The van der Waals surface area contributed by atoms with Gasteiger partial charge in [0.05, 0.1) is 5.60 Å². The molecular formula is C9H18O4. The molecule has 0 aliphatic heterocycles. The van der Waals surface area contributed by atoms with Crippen LogP contribution >= 0.6 is 0 Å². The first kappa shape index (κ1) is 12.4. The van der Waals surface area contributed by atoms with E-state index >= 15 is 0 Å². The number of carboxylic acids is 1. The predicted molar refractivity (Wildman–Crippen MR) is 48.3 cm³/mol. The van der Waals surface area contributed by atoms with E-state index in [4.69, 9.17) is 9.84 Å². The Morgan fingerprint density at radius 2 is 1.69 bits per heavy atom. The van der Waals surface area contributed by atoms with Crippen molar-refractivity contribution in [2.24, 2.45) is 5.92 Å². The summed E-state index contributed by atoms with van der Waals surface area (Å²) >= 11 is 0. The lowest BCUT2D eigenvalue weighted by Crippen LogP contribution is -2.50. The fourth-order valence-electron chi connectivity index (χ4n) is 0.875. The molecule has 4 nitrogen and oxygen atoms in total. The first-order chi connectivity index (χ1) is 5.59. The maximum atomic E-state index is 10.8. The van der Waals surface area contributed by atoms with Crippen molar-refractivity contribution in [3.05, 3.63) is 0 Å². The van der Waals surface area contributed by atoms with Crippen molar-refractivity contribution in [1.82, 2.24) is 0 Å². The highest BCUT2D eigenvalue weighted by molar-refractivity contribution is 5.75. The van der Waals surface area contributed by atoms with Gasteiger partial charge in [-0.05, 0) is 20.8 Å². The molecule has 1 unspecified atom stereocenters. The van der Waals surface area contributed by atoms with Gasteiger partial charge in [-0.2, -0.15) is 0 Å². The minimum absolute atomic E-state index is 0.496. The highest BCUT2D eigenvalue weighted by Crippen LogP contribution is 2.25. The molecule has 0 aliphatic rings. The van der Waals surface area contributed by atoms with E-state index in [1.807, 2.05) is 0 Å². The number of aliphatic carboxylic acids is 1. The van der Waals surface area contributed by atoms with Gasteiger partial charge in [0.1, 0.15) is 0 Å². The largest absolute Gasteiger partial charge is 0.477 e. The van der Waals surface area contributed by atoms with Crippen molar-refractivity contribution < 1.29 is 19.7 Å². The van der Waals surface area contributed by atoms with Crippen LogP contribution in [0.15, 0.2) is 0 Å². The number of carboxylic acid groups (broad SMARTS) is 1. The summed E-state index contributed by atoms with van der Waals surface area (Å²) in [6.07, 6.45) is 0. The number of ether oxygens (including phenoxy) is 1. The molecule has 0 saturated heterocycles. The molecule has 0 radical (unpaired) electrons. The highest BCUT2D eigenvalue weighted by atomic mass is 16.7. The molecule has 0 fully saturated rings. The lowest BCUT2D eigenvalue weighted by atomic mass is 10.0. The number of aliphatic hydroxyl groups is 1. The van der Waals surface area contributed by atoms with Crippen molar-refractivity contribution in [3.8, 4) is 0 Å². The van der Waals surface area contributed by atoms with Gasteiger partial charge in [-0.1, -0.05) is 13.8 Å². The Labute approximate surface area is 78.5 Å². The van der Waals surface area contributed by atoms with Gasteiger partial charge in [-0.3, -0.25) is 0 Å². The molecule has 4 heteroatoms. The molecule has 13 heavy (non-hydrogen) atoms. The second kappa shape index (κ2) is 3.64. The smallest absolute Gasteiger partial charge is 0.364 e. The monoisotopic (exact) mass is 190 g/mol. The maximum absolute atomic E-state index is 10.8. The van der Waals surface area contributed by atoms with Crippen LogP contribution < -0.4 is 0 Å². The van der Waals surface area contributed by atoms with Gasteiger partial charge in [0.15, 0.2) is 0 Å². The third-order valence-corrected chi connectivity index (χ3v) is 1.55. The highest BCUT2D eigenvalue weighted by Gasteiger charge is 2.44. The third-order valence-electron chi connectivity index (χ3n) is 1.55. The Kier molecular flexibility index (Phi) is 3.47. The van der Waals surface area contributed by atoms with Crippen molar-refractivity contribution in [1.29, 1.82) is 0 Å². The summed E-state index contributed by atoms with van der Waals surface area (Å²) in [5.41, 5.74) is -0.683. The Balaban J connectivity index is 4.73. The summed E-state index contributed by atoms with van der Waals surface area (Å²) in [5, 5.41) is 18.5. The van der Waals surface area contributed by atoms with Crippen molar-refractivity contribution in [3.63, 3.8) is 0 Å². The standard InChI is InChI=1S/C9H18O4/c1-6(2)9(12,7(10)11)13-8(3,4)5/h6,12H,1-5H3,(H,10,11). The summed E-state index contributed by atoms with van der Waals surface area (Å²) in [4.78, 5) is 10.8. The van der Waals surface area contributed by atoms with Gasteiger partial charge < -0.3 is 14.9 Å². The SMILES string of the molecule is CC(C)C(O)(OC(C)(C)C)C(=O)O. The van der Waals surface area contributed by atoms with E-state index in [9.17, 15) is 9.90 Å². The first-order valence-electron chi connectivity index (χ1n) is 4.25. The second-order valence-electron chi connectivity index (χ2n) is 4.37. The van der Waals surface area contributed by atoms with Gasteiger partial charge in [0, 0.05) is 5.92 Å². The molecule has 0 aromatic heterocycles. The van der Waals surface area contributed by atoms with Gasteiger partial charge in [0.2, 0.25) is 0 Å². The minimum Gasteiger partial charge on any atom is -0.477 e. The minimum atomic E-state index is -2.10. The van der Waals surface area contributed by atoms with Crippen LogP contribution in [0.25, 0.3) is 0 Å². The molecule has 0 saturated carbocycles. The summed E-state index contributed by atoms with van der Waals surface area (Å²) in [6, 6.07) is 0. The van der Waals surface area contributed by atoms with E-state index < -0.39 is 23.3 Å². The van der Waals surface area contributed by atoms with E-state index in [-0.39, 0.29) is 0 Å². The average molecular weight is 190 g/mol. The van der Waals surface area contributed by atoms with Gasteiger partial charge in [0.25, 0.3) is 5.79 Å². The molecule has 2 N–H and O–H groups in total. The summed E-state index contributed by atoms with van der Waals surface area (Å²) in [6.45, 7) is 8.29. The maximum Gasteiger partial charge on any atom is 0.364 e. The summed E-state index contributed by atoms with van der Waals surface area (Å²) < 4.78 is 5.10. The molecular weight excluding hydrogens is 172 g/mol. The van der Waals surface area contributed by atoms with E-state index in [1.54, 1.807) is 34.6 Å². The van der Waals surface area contributed by atoms with E-state index in [1.165, 1.54) is 0 Å². The molecule has 0 rings (SSSR count). The van der Waals surface area contributed by atoms with Crippen LogP contribution in [0.4, 0.5) is 0 Å². The number of hydrogen-bond acceptors (Lipinski definition) is 3. The topological polar surface area (TPSA) is 66.8 Å². The van der Waals surface area contributed by atoms with Gasteiger partial charge >= 0.3 is 5.97 Å². The van der Waals surface area contributed by atoms with Crippen LogP contribution in [0, 0.1) is 5.92 Å². The predicted octanol–water partition coefficient (Wildman–Crippen LogP) is 1.23. The van der Waals surface area contributed by atoms with Gasteiger partial charge in [-0.15, -0.1) is 0 Å². The summed E-state index contributed by atoms with van der Waals surface area (Å²) in [5.74, 6) is -3.94. The van der Waals surface area contributed by atoms with Crippen molar-refractivity contribution >= 4 is 5.97 Å². The fourth-order valence-corrected chi connectivity index (χ4v) is 0.875. The normalized spacial score (nSPS) is 17.2. The van der Waals surface area contributed by atoms with Gasteiger partial charge in [-0.25, -0.2) is 4.79 Å². The fraction of sp³-hybridized carbons (Fsp3) is 0.889. The van der Waals surface area contributed by atoms with Crippen LogP contribution in [0.2, 0.25) is 0 Å². The summed E-state index contributed by atoms with van der Waals surface area (Å²) in [7, 11) is 0. The molecule has 0 amide bonds. The number of carbonyl (C=O) groups is 1. The van der Waals surface area contributed by atoms with Crippen LogP contribution in [0.5, 0.6) is 0 Å². The Morgan fingerprint density at radius 3 is 1.77 bits per heavy atom. The molecule has 0 heterocycles. The van der Waals surface area contributed by atoms with Crippen molar-refractivity contribution in [2.75, 3.05) is 0 Å². The van der Waals surface area contributed by atoms with E-state index in [0.29, 0.717) is 0 Å². The molecule has 0 aromatic carbocycles. The zero-order chi connectivity index (χ0) is 10.9. The zero-order valence-electron chi connectivity index (χ0n) is 8.79. The Bertz CT molecular complexity index is 192.